The largest absolute Gasteiger partial charge is 0.303 e. The number of ketones is 1. The molecule has 0 aromatic rings. The molecule has 0 saturated heterocycles. The highest BCUT2D eigenvalue weighted by molar-refractivity contribution is 5.83. The van der Waals surface area contributed by atoms with Crippen LogP contribution in [0.2, 0.25) is 0 Å². The smallest absolute Gasteiger partial charge is 0.139 e. The Morgan fingerprint density at radius 2 is 1.92 bits per heavy atom. The summed E-state index contributed by atoms with van der Waals surface area (Å²) in [7, 11) is 2.12. The van der Waals surface area contributed by atoms with Gasteiger partial charge < -0.3 is 4.90 Å². The lowest BCUT2D eigenvalue weighted by molar-refractivity contribution is -0.126. The molecule has 0 aromatic carbocycles. The van der Waals surface area contributed by atoms with Crippen LogP contribution in [-0.4, -0.2) is 30.3 Å². The van der Waals surface area contributed by atoms with E-state index in [9.17, 15) is 4.79 Å². The van der Waals surface area contributed by atoms with Gasteiger partial charge in [-0.25, -0.2) is 0 Å². The maximum absolute atomic E-state index is 11.6. The molecule has 0 aromatic heterocycles. The van der Waals surface area contributed by atoms with E-state index < -0.39 is 0 Å². The van der Waals surface area contributed by atoms with Crippen LogP contribution < -0.4 is 0 Å². The van der Waals surface area contributed by atoms with Gasteiger partial charge >= 0.3 is 0 Å². The molecule has 1 fully saturated rings. The van der Waals surface area contributed by atoms with Crippen LogP contribution in [0.4, 0.5) is 0 Å². The van der Waals surface area contributed by atoms with Crippen molar-refractivity contribution in [3.05, 3.63) is 0 Å². The molecule has 1 aliphatic rings. The first kappa shape index (κ1) is 10.7. The van der Waals surface area contributed by atoms with E-state index in [1.54, 1.807) is 0 Å². The normalized spacial score (nSPS) is 17.9. The average Bonchev–Trinajstić information content (AvgIpc) is 2.79. The molecule has 0 N–H and O–H groups in total. The predicted molar refractivity (Wildman–Crippen MR) is 54.7 cm³/mol. The summed E-state index contributed by atoms with van der Waals surface area (Å²) < 4.78 is 0. The van der Waals surface area contributed by atoms with Gasteiger partial charge in [-0.1, -0.05) is 20.8 Å². The van der Waals surface area contributed by atoms with Crippen molar-refractivity contribution in [2.24, 2.45) is 5.41 Å². The van der Waals surface area contributed by atoms with Crippen molar-refractivity contribution < 1.29 is 4.79 Å². The molecule has 1 rings (SSSR count). The molecule has 0 atom stereocenters. The van der Waals surface area contributed by atoms with E-state index in [1.165, 1.54) is 12.8 Å². The van der Waals surface area contributed by atoms with Crippen molar-refractivity contribution in [3.63, 3.8) is 0 Å². The number of Topliss-reactive ketones (excluding diaryl/α,β-unsaturated/α-hetero) is 1. The summed E-state index contributed by atoms with van der Waals surface area (Å²) >= 11 is 0. The van der Waals surface area contributed by atoms with Gasteiger partial charge in [0.15, 0.2) is 0 Å². The number of rotatable bonds is 4. The van der Waals surface area contributed by atoms with Gasteiger partial charge in [0.1, 0.15) is 5.78 Å². The lowest BCUT2D eigenvalue weighted by Crippen LogP contribution is -2.28. The zero-order chi connectivity index (χ0) is 10.1. The fraction of sp³-hybridized carbons (Fsp3) is 0.909. The molecule has 0 heterocycles. The van der Waals surface area contributed by atoms with Crippen LogP contribution in [0.15, 0.2) is 0 Å². The summed E-state index contributed by atoms with van der Waals surface area (Å²) in [4.78, 5) is 13.9. The molecular weight excluding hydrogens is 162 g/mol. The molecule has 1 aliphatic carbocycles. The molecule has 0 aliphatic heterocycles. The molecule has 2 heteroatoms. The molecule has 0 radical (unpaired) electrons. The molecule has 2 nitrogen and oxygen atoms in total. The van der Waals surface area contributed by atoms with Crippen molar-refractivity contribution in [1.29, 1.82) is 0 Å². The van der Waals surface area contributed by atoms with Gasteiger partial charge in [0.05, 0.1) is 0 Å². The predicted octanol–water partition coefficient (Wildman–Crippen LogP) is 2.09. The second kappa shape index (κ2) is 3.79. The van der Waals surface area contributed by atoms with Gasteiger partial charge in [-0.05, 0) is 19.9 Å². The molecule has 13 heavy (non-hydrogen) atoms. The van der Waals surface area contributed by atoms with Crippen LogP contribution in [0.1, 0.15) is 40.0 Å². The Morgan fingerprint density at radius 1 is 1.38 bits per heavy atom. The maximum Gasteiger partial charge on any atom is 0.139 e. The average molecular weight is 183 g/mol. The Kier molecular flexibility index (Phi) is 3.12. The van der Waals surface area contributed by atoms with E-state index in [0.29, 0.717) is 12.2 Å². The highest BCUT2D eigenvalue weighted by Gasteiger charge is 2.27. The number of hydrogen-bond donors (Lipinski definition) is 0. The standard InChI is InChI=1S/C11H21NO/c1-11(2,3)10(13)7-8-12(4)9-5-6-9/h9H,5-8H2,1-4H3. The first-order valence-electron chi connectivity index (χ1n) is 5.15. The van der Waals surface area contributed by atoms with E-state index in [2.05, 4.69) is 11.9 Å². The molecule has 76 valence electrons. The van der Waals surface area contributed by atoms with E-state index >= 15 is 0 Å². The third-order valence-electron chi connectivity index (χ3n) is 2.70. The second-order valence-corrected chi connectivity index (χ2v) is 5.13. The molecular formula is C11H21NO. The zero-order valence-electron chi connectivity index (χ0n) is 9.26. The van der Waals surface area contributed by atoms with Crippen molar-refractivity contribution >= 4 is 5.78 Å². The Hall–Kier alpha value is -0.370. The highest BCUT2D eigenvalue weighted by Crippen LogP contribution is 2.26. The summed E-state index contributed by atoms with van der Waals surface area (Å²) in [6.45, 7) is 6.91. The number of carbonyl (C=O) groups is 1. The Balaban J connectivity index is 2.21. The van der Waals surface area contributed by atoms with Crippen molar-refractivity contribution in [1.82, 2.24) is 4.90 Å². The summed E-state index contributed by atoms with van der Waals surface area (Å²) in [5.41, 5.74) is -0.162. The molecule has 0 amide bonds. The van der Waals surface area contributed by atoms with Crippen molar-refractivity contribution in [3.8, 4) is 0 Å². The van der Waals surface area contributed by atoms with E-state index in [-0.39, 0.29) is 5.41 Å². The van der Waals surface area contributed by atoms with Gasteiger partial charge in [0, 0.05) is 24.4 Å². The quantitative estimate of drug-likeness (QED) is 0.665. The zero-order valence-corrected chi connectivity index (χ0v) is 9.26. The minimum atomic E-state index is -0.162. The summed E-state index contributed by atoms with van der Waals surface area (Å²) in [6.07, 6.45) is 3.34. The Labute approximate surface area is 81.3 Å². The SMILES string of the molecule is CN(CCC(=O)C(C)(C)C)C1CC1. The third-order valence-corrected chi connectivity index (χ3v) is 2.70. The van der Waals surface area contributed by atoms with Crippen LogP contribution in [0.5, 0.6) is 0 Å². The first-order valence-corrected chi connectivity index (χ1v) is 5.15. The van der Waals surface area contributed by atoms with Crippen LogP contribution in [-0.2, 0) is 4.79 Å². The van der Waals surface area contributed by atoms with Crippen LogP contribution in [0, 0.1) is 5.41 Å². The second-order valence-electron chi connectivity index (χ2n) is 5.13. The van der Waals surface area contributed by atoms with Crippen LogP contribution in [0.3, 0.4) is 0 Å². The van der Waals surface area contributed by atoms with E-state index in [4.69, 9.17) is 0 Å². The van der Waals surface area contributed by atoms with E-state index in [1.807, 2.05) is 20.8 Å². The molecule has 0 bridgehead atoms. The van der Waals surface area contributed by atoms with Gasteiger partial charge in [0.2, 0.25) is 0 Å². The number of carbonyl (C=O) groups excluding carboxylic acids is 1. The van der Waals surface area contributed by atoms with Gasteiger partial charge in [-0.15, -0.1) is 0 Å². The fourth-order valence-electron chi connectivity index (χ4n) is 1.35. The number of nitrogens with zero attached hydrogens (tertiary/aromatic N) is 1. The monoisotopic (exact) mass is 183 g/mol. The molecule has 0 spiro atoms. The maximum atomic E-state index is 11.6. The lowest BCUT2D eigenvalue weighted by atomic mass is 9.89. The van der Waals surface area contributed by atoms with Gasteiger partial charge in [0.25, 0.3) is 0 Å². The molecule has 0 unspecified atom stereocenters. The van der Waals surface area contributed by atoms with Crippen molar-refractivity contribution in [2.75, 3.05) is 13.6 Å². The summed E-state index contributed by atoms with van der Waals surface area (Å²) in [6, 6.07) is 0.771. The fourth-order valence-corrected chi connectivity index (χ4v) is 1.35. The highest BCUT2D eigenvalue weighted by atomic mass is 16.1. The minimum absolute atomic E-state index is 0.162. The summed E-state index contributed by atoms with van der Waals surface area (Å²) in [5, 5.41) is 0. The first-order chi connectivity index (χ1) is 5.91. The van der Waals surface area contributed by atoms with Gasteiger partial charge in [-0.2, -0.15) is 0 Å². The van der Waals surface area contributed by atoms with Crippen LogP contribution >= 0.6 is 0 Å². The molecule has 1 saturated carbocycles. The van der Waals surface area contributed by atoms with Crippen LogP contribution in [0.25, 0.3) is 0 Å². The van der Waals surface area contributed by atoms with E-state index in [0.717, 1.165) is 12.6 Å². The van der Waals surface area contributed by atoms with Crippen molar-refractivity contribution in [2.45, 2.75) is 46.1 Å². The Bertz CT molecular complexity index is 189. The minimum Gasteiger partial charge on any atom is -0.303 e. The Morgan fingerprint density at radius 3 is 2.31 bits per heavy atom. The topological polar surface area (TPSA) is 20.3 Å². The van der Waals surface area contributed by atoms with Gasteiger partial charge in [-0.3, -0.25) is 4.79 Å². The summed E-state index contributed by atoms with van der Waals surface area (Å²) in [5.74, 6) is 0.375. The third kappa shape index (κ3) is 3.47. The number of hydrogen-bond acceptors (Lipinski definition) is 2. The lowest BCUT2D eigenvalue weighted by Gasteiger charge is -2.20.